The van der Waals surface area contributed by atoms with Crippen molar-refractivity contribution in [3.8, 4) is 0 Å². The van der Waals surface area contributed by atoms with Crippen LogP contribution in [-0.4, -0.2) is 30.6 Å². The lowest BCUT2D eigenvalue weighted by atomic mass is 10.2. The van der Waals surface area contributed by atoms with E-state index in [0.29, 0.717) is 17.1 Å². The van der Waals surface area contributed by atoms with E-state index in [1.807, 2.05) is 20.8 Å². The first-order chi connectivity index (χ1) is 11.7. The number of nitrogens with one attached hydrogen (secondary N) is 2. The Morgan fingerprint density at radius 1 is 1.16 bits per heavy atom. The van der Waals surface area contributed by atoms with E-state index in [0.717, 1.165) is 5.01 Å². The van der Waals surface area contributed by atoms with Gasteiger partial charge in [0.2, 0.25) is 15.2 Å². The molecule has 2 rings (SSSR count). The van der Waals surface area contributed by atoms with Crippen LogP contribution in [0.3, 0.4) is 0 Å². The van der Waals surface area contributed by atoms with Gasteiger partial charge in [-0.15, -0.1) is 10.2 Å². The van der Waals surface area contributed by atoms with Gasteiger partial charge in [-0.2, -0.15) is 0 Å². The number of anilines is 1. The molecule has 7 nitrogen and oxygen atoms in total. The van der Waals surface area contributed by atoms with Crippen LogP contribution >= 0.6 is 11.3 Å². The Morgan fingerprint density at radius 2 is 1.80 bits per heavy atom. The maximum atomic E-state index is 12.2. The lowest BCUT2D eigenvalue weighted by Gasteiger charge is -2.12. The molecule has 0 fully saturated rings. The monoisotopic (exact) mass is 382 g/mol. The fourth-order valence-corrected chi connectivity index (χ4v) is 3.96. The van der Waals surface area contributed by atoms with Crippen LogP contribution in [-0.2, 0) is 10.0 Å². The van der Waals surface area contributed by atoms with Crippen molar-refractivity contribution < 1.29 is 13.2 Å². The van der Waals surface area contributed by atoms with E-state index in [-0.39, 0.29) is 22.8 Å². The molecule has 1 amide bonds. The molecule has 0 aliphatic rings. The smallest absolute Gasteiger partial charge is 0.257 e. The fourth-order valence-electron chi connectivity index (χ4n) is 1.89. The molecule has 0 bridgehead atoms. The molecule has 1 heterocycles. The highest BCUT2D eigenvalue weighted by molar-refractivity contribution is 7.89. The summed E-state index contributed by atoms with van der Waals surface area (Å²) < 4.78 is 27.0. The number of aromatic nitrogens is 2. The van der Waals surface area contributed by atoms with Crippen LogP contribution in [0.5, 0.6) is 0 Å². The normalized spacial score (nSPS) is 13.0. The summed E-state index contributed by atoms with van der Waals surface area (Å²) in [5.74, 6) is -0.115. The van der Waals surface area contributed by atoms with Crippen molar-refractivity contribution >= 4 is 32.4 Å². The minimum atomic E-state index is -3.58. The van der Waals surface area contributed by atoms with Crippen molar-refractivity contribution in [3.05, 3.63) is 34.8 Å². The summed E-state index contributed by atoms with van der Waals surface area (Å²) in [6, 6.07) is 5.63. The Hall–Kier alpha value is -1.84. The molecule has 0 aliphatic carbocycles. The minimum absolute atomic E-state index is 0.127. The molecule has 0 saturated carbocycles. The molecule has 0 spiro atoms. The van der Waals surface area contributed by atoms with Crippen LogP contribution in [0, 0.1) is 0 Å². The van der Waals surface area contributed by atoms with Gasteiger partial charge < -0.3 is 0 Å². The molecule has 0 radical (unpaired) electrons. The van der Waals surface area contributed by atoms with Gasteiger partial charge in [0.25, 0.3) is 5.91 Å². The zero-order valence-corrected chi connectivity index (χ0v) is 16.2. The van der Waals surface area contributed by atoms with Crippen molar-refractivity contribution in [2.24, 2.45) is 0 Å². The number of sulfonamides is 1. The van der Waals surface area contributed by atoms with Crippen LogP contribution in [0.4, 0.5) is 5.13 Å². The number of nitrogens with zero attached hydrogens (tertiary/aromatic N) is 2. The fraction of sp³-hybridized carbons (Fsp3) is 0.438. The summed E-state index contributed by atoms with van der Waals surface area (Å²) in [4.78, 5) is 12.4. The number of hydrogen-bond acceptors (Lipinski definition) is 6. The Morgan fingerprint density at radius 3 is 2.32 bits per heavy atom. The molecular formula is C16H22N4O3S2. The third kappa shape index (κ3) is 5.07. The van der Waals surface area contributed by atoms with E-state index in [2.05, 4.69) is 20.2 Å². The van der Waals surface area contributed by atoms with E-state index < -0.39 is 10.0 Å². The molecule has 136 valence electrons. The predicted octanol–water partition coefficient (Wildman–Crippen LogP) is 2.99. The predicted molar refractivity (Wildman–Crippen MR) is 98.5 cm³/mol. The Bertz CT molecular complexity index is 829. The van der Waals surface area contributed by atoms with Crippen LogP contribution in [0.15, 0.2) is 29.2 Å². The van der Waals surface area contributed by atoms with E-state index >= 15 is 0 Å². The van der Waals surface area contributed by atoms with Gasteiger partial charge in [-0.3, -0.25) is 10.1 Å². The standard InChI is InChI=1S/C16H22N4O3S2/c1-5-11(4)20-25(22,23)13-8-6-12(7-9-13)14(21)17-16-19-18-15(24-16)10(2)3/h6-11,20H,5H2,1-4H3,(H,17,19,21). The molecule has 1 atom stereocenters. The summed E-state index contributed by atoms with van der Waals surface area (Å²) in [5.41, 5.74) is 0.351. The van der Waals surface area contributed by atoms with Gasteiger partial charge >= 0.3 is 0 Å². The van der Waals surface area contributed by atoms with E-state index in [4.69, 9.17) is 0 Å². The maximum Gasteiger partial charge on any atom is 0.257 e. The molecular weight excluding hydrogens is 360 g/mol. The van der Waals surface area contributed by atoms with Gasteiger partial charge in [0.15, 0.2) is 0 Å². The zero-order valence-electron chi connectivity index (χ0n) is 14.6. The highest BCUT2D eigenvalue weighted by Crippen LogP contribution is 2.23. The highest BCUT2D eigenvalue weighted by atomic mass is 32.2. The van der Waals surface area contributed by atoms with Crippen molar-refractivity contribution in [3.63, 3.8) is 0 Å². The van der Waals surface area contributed by atoms with Crippen LogP contribution < -0.4 is 10.0 Å². The SMILES string of the molecule is CCC(C)NS(=O)(=O)c1ccc(C(=O)Nc2nnc(C(C)C)s2)cc1. The van der Waals surface area contributed by atoms with Gasteiger partial charge in [-0.1, -0.05) is 32.1 Å². The van der Waals surface area contributed by atoms with Crippen molar-refractivity contribution in [1.82, 2.24) is 14.9 Å². The molecule has 0 saturated heterocycles. The highest BCUT2D eigenvalue weighted by Gasteiger charge is 2.17. The summed E-state index contributed by atoms with van der Waals surface area (Å²) in [6.07, 6.45) is 0.694. The van der Waals surface area contributed by atoms with Crippen LogP contribution in [0.1, 0.15) is 55.4 Å². The lowest BCUT2D eigenvalue weighted by Crippen LogP contribution is -2.32. The third-order valence-corrected chi connectivity index (χ3v) is 6.30. The van der Waals surface area contributed by atoms with Gasteiger partial charge in [0, 0.05) is 17.5 Å². The second-order valence-electron chi connectivity index (χ2n) is 6.01. The number of carbonyl (C=O) groups excluding carboxylic acids is 1. The van der Waals surface area contributed by atoms with Gasteiger partial charge in [0.1, 0.15) is 5.01 Å². The number of carbonyl (C=O) groups is 1. The largest absolute Gasteiger partial charge is 0.296 e. The third-order valence-electron chi connectivity index (χ3n) is 3.55. The van der Waals surface area contributed by atoms with Crippen molar-refractivity contribution in [2.45, 2.75) is 51.0 Å². The van der Waals surface area contributed by atoms with Crippen molar-refractivity contribution in [1.29, 1.82) is 0 Å². The average Bonchev–Trinajstić information content (AvgIpc) is 3.03. The average molecular weight is 383 g/mol. The molecule has 0 aliphatic heterocycles. The van der Waals surface area contributed by atoms with E-state index in [1.165, 1.54) is 35.6 Å². The number of hydrogen-bond donors (Lipinski definition) is 2. The molecule has 1 unspecified atom stereocenters. The molecule has 1 aromatic heterocycles. The molecule has 2 aromatic rings. The van der Waals surface area contributed by atoms with Crippen molar-refractivity contribution in [2.75, 3.05) is 5.32 Å². The maximum absolute atomic E-state index is 12.2. The summed E-state index contributed by atoms with van der Waals surface area (Å²) in [5, 5.41) is 11.9. The number of amides is 1. The van der Waals surface area contributed by atoms with Crippen LogP contribution in [0.25, 0.3) is 0 Å². The minimum Gasteiger partial charge on any atom is -0.296 e. The van der Waals surface area contributed by atoms with E-state index in [1.54, 1.807) is 6.92 Å². The van der Waals surface area contributed by atoms with Gasteiger partial charge in [-0.05, 0) is 37.6 Å². The van der Waals surface area contributed by atoms with Gasteiger partial charge in [-0.25, -0.2) is 13.1 Å². The Kier molecular flexibility index (Phi) is 6.26. The van der Waals surface area contributed by atoms with E-state index in [9.17, 15) is 13.2 Å². The second kappa shape index (κ2) is 8.03. The molecule has 2 N–H and O–H groups in total. The summed E-state index contributed by atoms with van der Waals surface area (Å²) in [7, 11) is -3.58. The quantitative estimate of drug-likeness (QED) is 0.766. The first-order valence-electron chi connectivity index (χ1n) is 8.00. The summed E-state index contributed by atoms with van der Waals surface area (Å²) >= 11 is 1.32. The van der Waals surface area contributed by atoms with Crippen LogP contribution in [0.2, 0.25) is 0 Å². The van der Waals surface area contributed by atoms with Gasteiger partial charge in [0.05, 0.1) is 4.90 Å². The second-order valence-corrected chi connectivity index (χ2v) is 8.73. The Labute approximate surface area is 151 Å². The lowest BCUT2D eigenvalue weighted by molar-refractivity contribution is 0.102. The zero-order chi connectivity index (χ0) is 18.6. The molecule has 25 heavy (non-hydrogen) atoms. The Balaban J connectivity index is 2.09. The first kappa shape index (κ1) is 19.5. The summed E-state index contributed by atoms with van der Waals surface area (Å²) in [6.45, 7) is 7.70. The number of benzene rings is 1. The number of rotatable bonds is 7. The molecule has 1 aromatic carbocycles. The molecule has 9 heteroatoms. The topological polar surface area (TPSA) is 101 Å². The first-order valence-corrected chi connectivity index (χ1v) is 10.3.